The number of benzene rings is 1. The SMILES string of the molecule is CCCN1C[C@H](CSC)C[C@@H]2c3cccc4[nH]cc(c34)C[C@H]21.Cl. The van der Waals surface area contributed by atoms with E-state index < -0.39 is 0 Å². The molecule has 2 heterocycles. The van der Waals surface area contributed by atoms with Crippen molar-refractivity contribution < 1.29 is 0 Å². The summed E-state index contributed by atoms with van der Waals surface area (Å²) in [6, 6.07) is 7.58. The first-order chi connectivity index (χ1) is 10.8. The third-order valence-electron chi connectivity index (χ3n) is 5.57. The van der Waals surface area contributed by atoms with E-state index in [1.165, 1.54) is 54.6 Å². The van der Waals surface area contributed by atoms with Crippen LogP contribution in [0.4, 0.5) is 0 Å². The number of rotatable bonds is 4. The molecule has 1 fully saturated rings. The van der Waals surface area contributed by atoms with E-state index in [1.54, 1.807) is 5.56 Å². The number of H-pyrrole nitrogens is 1. The van der Waals surface area contributed by atoms with Crippen molar-refractivity contribution in [3.8, 4) is 0 Å². The maximum atomic E-state index is 3.49. The van der Waals surface area contributed by atoms with Crippen LogP contribution < -0.4 is 0 Å². The van der Waals surface area contributed by atoms with E-state index >= 15 is 0 Å². The second kappa shape index (κ2) is 7.08. The molecule has 4 heteroatoms. The van der Waals surface area contributed by atoms with Crippen LogP contribution >= 0.6 is 24.2 Å². The number of nitrogens with zero attached hydrogens (tertiary/aromatic N) is 1. The maximum Gasteiger partial charge on any atom is 0.0459 e. The van der Waals surface area contributed by atoms with Gasteiger partial charge in [0, 0.05) is 35.6 Å². The number of aromatic amines is 1. The number of halogens is 1. The first kappa shape index (κ1) is 17.2. The molecule has 0 bridgehead atoms. The number of fused-ring (bicyclic) bond motifs is 2. The summed E-state index contributed by atoms with van der Waals surface area (Å²) in [4.78, 5) is 6.29. The quantitative estimate of drug-likeness (QED) is 0.862. The molecule has 4 rings (SSSR count). The first-order valence-corrected chi connectivity index (χ1v) is 10.0. The van der Waals surface area contributed by atoms with E-state index in [2.05, 4.69) is 47.5 Å². The molecular formula is C19H27ClN2S. The van der Waals surface area contributed by atoms with Crippen molar-refractivity contribution >= 4 is 35.1 Å². The molecule has 1 aromatic carbocycles. The Morgan fingerprint density at radius 3 is 3.00 bits per heavy atom. The van der Waals surface area contributed by atoms with Crippen LogP contribution in [-0.2, 0) is 6.42 Å². The Morgan fingerprint density at radius 1 is 1.35 bits per heavy atom. The number of likely N-dealkylation sites (tertiary alicyclic amines) is 1. The van der Waals surface area contributed by atoms with Crippen LogP contribution in [-0.4, -0.2) is 41.0 Å². The zero-order chi connectivity index (χ0) is 15.1. The molecule has 0 saturated carbocycles. The monoisotopic (exact) mass is 350 g/mol. The second-order valence-corrected chi connectivity index (χ2v) is 7.92. The van der Waals surface area contributed by atoms with Gasteiger partial charge in [-0.25, -0.2) is 0 Å². The van der Waals surface area contributed by atoms with Gasteiger partial charge in [0.1, 0.15) is 0 Å². The molecule has 1 N–H and O–H groups in total. The lowest BCUT2D eigenvalue weighted by molar-refractivity contribution is 0.0926. The summed E-state index contributed by atoms with van der Waals surface area (Å²) in [5.41, 5.74) is 4.48. The van der Waals surface area contributed by atoms with Gasteiger partial charge in [0.05, 0.1) is 0 Å². The fourth-order valence-electron chi connectivity index (χ4n) is 4.80. The average Bonchev–Trinajstić information content (AvgIpc) is 2.94. The van der Waals surface area contributed by atoms with Gasteiger partial charge in [0.2, 0.25) is 0 Å². The zero-order valence-electron chi connectivity index (χ0n) is 14.0. The zero-order valence-corrected chi connectivity index (χ0v) is 15.7. The number of aromatic nitrogens is 1. The van der Waals surface area contributed by atoms with E-state index in [-0.39, 0.29) is 12.4 Å². The molecule has 1 aliphatic heterocycles. The van der Waals surface area contributed by atoms with E-state index in [9.17, 15) is 0 Å². The van der Waals surface area contributed by atoms with Gasteiger partial charge in [-0.05, 0) is 60.9 Å². The predicted octanol–water partition coefficient (Wildman–Crippen LogP) is 4.69. The lowest BCUT2D eigenvalue weighted by Crippen LogP contribution is -2.50. The number of piperidine rings is 1. The summed E-state index contributed by atoms with van der Waals surface area (Å²) in [5.74, 6) is 2.88. The minimum absolute atomic E-state index is 0. The summed E-state index contributed by atoms with van der Waals surface area (Å²) in [7, 11) is 0. The molecule has 2 aromatic rings. The smallest absolute Gasteiger partial charge is 0.0459 e. The van der Waals surface area contributed by atoms with Crippen LogP contribution in [0.15, 0.2) is 24.4 Å². The summed E-state index contributed by atoms with van der Waals surface area (Å²) in [5, 5.41) is 1.53. The van der Waals surface area contributed by atoms with Gasteiger partial charge in [-0.3, -0.25) is 4.90 Å². The molecule has 0 radical (unpaired) electrons. The largest absolute Gasteiger partial charge is 0.361 e. The molecule has 0 spiro atoms. The summed E-state index contributed by atoms with van der Waals surface area (Å²) >= 11 is 2.01. The molecule has 23 heavy (non-hydrogen) atoms. The lowest BCUT2D eigenvalue weighted by atomic mass is 9.72. The Labute approximate surface area is 149 Å². The van der Waals surface area contributed by atoms with E-state index in [4.69, 9.17) is 0 Å². The Morgan fingerprint density at radius 2 is 2.22 bits per heavy atom. The summed E-state index contributed by atoms with van der Waals surface area (Å²) < 4.78 is 0. The third kappa shape index (κ3) is 2.92. The fraction of sp³-hybridized carbons (Fsp3) is 0.579. The number of hydrogen-bond acceptors (Lipinski definition) is 2. The van der Waals surface area contributed by atoms with Crippen LogP contribution in [0.1, 0.15) is 36.8 Å². The third-order valence-corrected chi connectivity index (χ3v) is 6.38. The summed E-state index contributed by atoms with van der Waals surface area (Å²) in [6.45, 7) is 4.87. The molecule has 0 unspecified atom stereocenters. The van der Waals surface area contributed by atoms with Gasteiger partial charge in [-0.1, -0.05) is 19.1 Å². The molecule has 126 valence electrons. The minimum atomic E-state index is 0. The van der Waals surface area contributed by atoms with E-state index in [1.807, 2.05) is 11.8 Å². The number of nitrogens with one attached hydrogen (secondary N) is 1. The van der Waals surface area contributed by atoms with Crippen LogP contribution in [0.5, 0.6) is 0 Å². The second-order valence-electron chi connectivity index (χ2n) is 7.01. The molecule has 2 nitrogen and oxygen atoms in total. The predicted molar refractivity (Wildman–Crippen MR) is 104 cm³/mol. The maximum absolute atomic E-state index is 3.49. The van der Waals surface area contributed by atoms with Crippen molar-refractivity contribution in [2.24, 2.45) is 5.92 Å². The molecule has 3 atom stereocenters. The highest BCUT2D eigenvalue weighted by Crippen LogP contribution is 2.45. The Kier molecular flexibility index (Phi) is 5.29. The molecule has 2 aliphatic rings. The highest BCUT2D eigenvalue weighted by molar-refractivity contribution is 7.98. The van der Waals surface area contributed by atoms with Gasteiger partial charge in [-0.15, -0.1) is 12.4 Å². The topological polar surface area (TPSA) is 19.0 Å². The van der Waals surface area contributed by atoms with Crippen LogP contribution in [0.3, 0.4) is 0 Å². The normalized spacial score (nSPS) is 26.8. The molecule has 1 saturated heterocycles. The van der Waals surface area contributed by atoms with Gasteiger partial charge < -0.3 is 4.98 Å². The highest BCUT2D eigenvalue weighted by atomic mass is 35.5. The van der Waals surface area contributed by atoms with Crippen molar-refractivity contribution in [2.75, 3.05) is 25.1 Å². The average molecular weight is 351 g/mol. The first-order valence-electron chi connectivity index (χ1n) is 8.63. The van der Waals surface area contributed by atoms with Gasteiger partial charge in [-0.2, -0.15) is 11.8 Å². The van der Waals surface area contributed by atoms with Crippen molar-refractivity contribution in [1.82, 2.24) is 9.88 Å². The molecule has 0 amide bonds. The van der Waals surface area contributed by atoms with E-state index in [0.717, 1.165) is 11.8 Å². The molecule has 1 aromatic heterocycles. The lowest BCUT2D eigenvalue weighted by Gasteiger charge is -2.47. The minimum Gasteiger partial charge on any atom is -0.361 e. The van der Waals surface area contributed by atoms with Gasteiger partial charge in [0.15, 0.2) is 0 Å². The number of thioether (sulfide) groups is 1. The molecule has 1 aliphatic carbocycles. The standard InChI is InChI=1S/C19H26N2S.ClH/c1-3-7-21-11-13(12-22-2)8-16-15-5-4-6-17-19(15)14(10-20-17)9-18(16)21;/h4-6,10,13,16,18,20H,3,7-9,11-12H2,1-2H3;1H/t13-,16-,18-;/m1./s1. The number of hydrogen-bond donors (Lipinski definition) is 1. The van der Waals surface area contributed by atoms with E-state index in [0.29, 0.717) is 6.04 Å². The Bertz CT molecular complexity index is 668. The van der Waals surface area contributed by atoms with Gasteiger partial charge in [0.25, 0.3) is 0 Å². The Hall–Kier alpha value is -0.640. The van der Waals surface area contributed by atoms with Crippen molar-refractivity contribution in [2.45, 2.75) is 38.1 Å². The van der Waals surface area contributed by atoms with Crippen molar-refractivity contribution in [1.29, 1.82) is 0 Å². The fourth-order valence-corrected chi connectivity index (χ4v) is 5.51. The summed E-state index contributed by atoms with van der Waals surface area (Å²) in [6.07, 6.45) is 8.37. The van der Waals surface area contributed by atoms with Crippen molar-refractivity contribution in [3.63, 3.8) is 0 Å². The highest BCUT2D eigenvalue weighted by Gasteiger charge is 2.40. The van der Waals surface area contributed by atoms with Crippen LogP contribution in [0.25, 0.3) is 10.9 Å². The Balaban J connectivity index is 0.00000156. The van der Waals surface area contributed by atoms with Crippen molar-refractivity contribution in [3.05, 3.63) is 35.5 Å². The van der Waals surface area contributed by atoms with Crippen LogP contribution in [0.2, 0.25) is 0 Å². The van der Waals surface area contributed by atoms with Gasteiger partial charge >= 0.3 is 0 Å². The van der Waals surface area contributed by atoms with Crippen LogP contribution in [0, 0.1) is 5.92 Å². The molecular weight excluding hydrogens is 324 g/mol.